The van der Waals surface area contributed by atoms with E-state index in [-0.39, 0.29) is 0 Å². The van der Waals surface area contributed by atoms with E-state index in [1.807, 2.05) is 6.07 Å². The molecule has 122 valence electrons. The molecule has 0 bridgehead atoms. The Labute approximate surface area is 137 Å². The molecule has 1 aliphatic carbocycles. The van der Waals surface area contributed by atoms with Crippen LogP contribution in [0.3, 0.4) is 0 Å². The molecule has 0 unspecified atom stereocenters. The van der Waals surface area contributed by atoms with Crippen molar-refractivity contribution < 1.29 is 0 Å². The number of aromatic nitrogens is 3. The lowest BCUT2D eigenvalue weighted by molar-refractivity contribution is 0.617. The van der Waals surface area contributed by atoms with Crippen molar-refractivity contribution in [2.75, 3.05) is 10.6 Å². The average molecular weight is 311 g/mol. The normalized spacial score (nSPS) is 15.9. The van der Waals surface area contributed by atoms with Gasteiger partial charge in [-0.15, -0.1) is 5.10 Å². The van der Waals surface area contributed by atoms with Crippen LogP contribution in [0.2, 0.25) is 0 Å². The summed E-state index contributed by atoms with van der Waals surface area (Å²) in [6, 6.07) is 6.74. The number of nitrogens with zero attached hydrogens (tertiary/aromatic N) is 3. The van der Waals surface area contributed by atoms with Crippen LogP contribution >= 0.6 is 0 Å². The van der Waals surface area contributed by atoms with Crippen LogP contribution in [0.4, 0.5) is 17.5 Å². The van der Waals surface area contributed by atoms with E-state index in [4.69, 9.17) is 0 Å². The van der Waals surface area contributed by atoms with Gasteiger partial charge in [0.2, 0.25) is 5.95 Å². The van der Waals surface area contributed by atoms with Gasteiger partial charge >= 0.3 is 0 Å². The number of aryl methyl sites for hydroxylation is 2. The van der Waals surface area contributed by atoms with Crippen molar-refractivity contribution in [2.45, 2.75) is 58.4 Å². The molecule has 3 rings (SSSR count). The molecule has 2 N–H and O–H groups in total. The molecule has 0 amide bonds. The van der Waals surface area contributed by atoms with Crippen molar-refractivity contribution in [3.8, 4) is 0 Å². The number of hydrogen-bond acceptors (Lipinski definition) is 5. The van der Waals surface area contributed by atoms with Crippen molar-refractivity contribution in [1.82, 2.24) is 15.2 Å². The van der Waals surface area contributed by atoms with Gasteiger partial charge in [0.25, 0.3) is 0 Å². The minimum absolute atomic E-state index is 0.503. The Kier molecular flexibility index (Phi) is 5.05. The summed E-state index contributed by atoms with van der Waals surface area (Å²) in [7, 11) is 0. The zero-order chi connectivity index (χ0) is 16.1. The molecule has 5 heteroatoms. The Morgan fingerprint density at radius 1 is 1.00 bits per heavy atom. The molecule has 1 aliphatic rings. The molecule has 0 radical (unpaired) electrons. The van der Waals surface area contributed by atoms with E-state index in [9.17, 15) is 0 Å². The molecule has 0 atom stereocenters. The summed E-state index contributed by atoms with van der Waals surface area (Å²) in [5, 5.41) is 14.9. The van der Waals surface area contributed by atoms with Gasteiger partial charge in [-0.3, -0.25) is 0 Å². The Hall–Kier alpha value is -2.17. The fourth-order valence-corrected chi connectivity index (χ4v) is 3.01. The maximum Gasteiger partial charge on any atom is 0.249 e. The first-order chi connectivity index (χ1) is 11.2. The first kappa shape index (κ1) is 15.7. The molecule has 0 saturated heterocycles. The van der Waals surface area contributed by atoms with Crippen LogP contribution in [0.25, 0.3) is 0 Å². The number of benzene rings is 1. The topological polar surface area (TPSA) is 62.7 Å². The molecule has 1 fully saturated rings. The van der Waals surface area contributed by atoms with Crippen LogP contribution in [-0.2, 0) is 0 Å². The lowest BCUT2D eigenvalue weighted by Crippen LogP contribution is -2.19. The largest absolute Gasteiger partial charge is 0.366 e. The molecular weight excluding hydrogens is 286 g/mol. The monoisotopic (exact) mass is 311 g/mol. The van der Waals surface area contributed by atoms with Gasteiger partial charge in [0.05, 0.1) is 6.20 Å². The fraction of sp³-hybridized carbons (Fsp3) is 0.500. The van der Waals surface area contributed by atoms with Gasteiger partial charge in [0.15, 0.2) is 5.82 Å². The smallest absolute Gasteiger partial charge is 0.249 e. The lowest BCUT2D eigenvalue weighted by Gasteiger charge is -2.16. The summed E-state index contributed by atoms with van der Waals surface area (Å²) in [6.07, 6.45) is 9.41. The number of anilines is 3. The van der Waals surface area contributed by atoms with E-state index < -0.39 is 0 Å². The highest BCUT2D eigenvalue weighted by Gasteiger charge is 2.13. The molecule has 0 aliphatic heterocycles. The van der Waals surface area contributed by atoms with E-state index >= 15 is 0 Å². The molecule has 0 spiro atoms. The van der Waals surface area contributed by atoms with Gasteiger partial charge in [-0.05, 0) is 49.9 Å². The molecule has 5 nitrogen and oxygen atoms in total. The van der Waals surface area contributed by atoms with Crippen LogP contribution < -0.4 is 10.6 Å². The number of hydrogen-bond donors (Lipinski definition) is 2. The Bertz CT molecular complexity index is 648. The fourth-order valence-electron chi connectivity index (χ4n) is 3.01. The van der Waals surface area contributed by atoms with Crippen LogP contribution in [0.5, 0.6) is 0 Å². The van der Waals surface area contributed by atoms with E-state index in [1.165, 1.54) is 49.7 Å². The summed E-state index contributed by atoms with van der Waals surface area (Å²) >= 11 is 0. The minimum atomic E-state index is 0.503. The summed E-state index contributed by atoms with van der Waals surface area (Å²) in [5.74, 6) is 1.34. The van der Waals surface area contributed by atoms with Crippen LogP contribution in [0, 0.1) is 13.8 Å². The average Bonchev–Trinajstić information content (AvgIpc) is 2.80. The first-order valence-corrected chi connectivity index (χ1v) is 8.51. The number of rotatable bonds is 4. The highest BCUT2D eigenvalue weighted by molar-refractivity contribution is 5.56. The second-order valence-corrected chi connectivity index (χ2v) is 6.42. The van der Waals surface area contributed by atoms with Crippen LogP contribution in [-0.4, -0.2) is 21.2 Å². The predicted octanol–water partition coefficient (Wildman–Crippen LogP) is 4.37. The van der Waals surface area contributed by atoms with Crippen molar-refractivity contribution in [2.24, 2.45) is 0 Å². The zero-order valence-corrected chi connectivity index (χ0v) is 14.0. The minimum Gasteiger partial charge on any atom is -0.366 e. The third kappa shape index (κ3) is 4.41. The number of nitrogens with one attached hydrogen (secondary N) is 2. The van der Waals surface area contributed by atoms with E-state index in [2.05, 4.69) is 51.8 Å². The molecule has 1 saturated carbocycles. The van der Waals surface area contributed by atoms with Crippen molar-refractivity contribution in [3.63, 3.8) is 0 Å². The van der Waals surface area contributed by atoms with Gasteiger partial charge in [-0.25, -0.2) is 0 Å². The standard InChI is InChI=1S/C18H25N5/c1-13-9-10-16(11-14(13)2)21-18-22-17(12-19-23-18)20-15-7-5-3-4-6-8-15/h9-12,15H,3-8H2,1-2H3,(H2,20,21,22,23). The highest BCUT2D eigenvalue weighted by Crippen LogP contribution is 2.21. The predicted molar refractivity (Wildman–Crippen MR) is 94.1 cm³/mol. The van der Waals surface area contributed by atoms with Crippen molar-refractivity contribution >= 4 is 17.5 Å². The quantitative estimate of drug-likeness (QED) is 0.821. The van der Waals surface area contributed by atoms with Crippen molar-refractivity contribution in [1.29, 1.82) is 0 Å². The summed E-state index contributed by atoms with van der Waals surface area (Å²) in [4.78, 5) is 4.55. The van der Waals surface area contributed by atoms with Gasteiger partial charge < -0.3 is 10.6 Å². The van der Waals surface area contributed by atoms with E-state index in [1.54, 1.807) is 6.20 Å². The van der Waals surface area contributed by atoms with Gasteiger partial charge in [0, 0.05) is 11.7 Å². The second kappa shape index (κ2) is 7.40. The molecule has 2 aromatic rings. The summed E-state index contributed by atoms with van der Waals surface area (Å²) < 4.78 is 0. The molecule has 23 heavy (non-hydrogen) atoms. The molecule has 1 heterocycles. The first-order valence-electron chi connectivity index (χ1n) is 8.51. The second-order valence-electron chi connectivity index (χ2n) is 6.42. The van der Waals surface area contributed by atoms with Gasteiger partial charge in [-0.2, -0.15) is 10.1 Å². The van der Waals surface area contributed by atoms with Gasteiger partial charge in [0.1, 0.15) is 0 Å². The van der Waals surface area contributed by atoms with Gasteiger partial charge in [-0.1, -0.05) is 31.7 Å². The maximum absolute atomic E-state index is 4.55. The maximum atomic E-state index is 4.55. The zero-order valence-electron chi connectivity index (χ0n) is 14.0. The SMILES string of the molecule is Cc1ccc(Nc2nncc(NC3CCCCCC3)n2)cc1C. The lowest BCUT2D eigenvalue weighted by atomic mass is 10.1. The molecular formula is C18H25N5. The Balaban J connectivity index is 1.67. The van der Waals surface area contributed by atoms with E-state index in [0.717, 1.165) is 11.5 Å². The van der Waals surface area contributed by atoms with E-state index in [0.29, 0.717) is 12.0 Å². The molecule has 1 aromatic heterocycles. The summed E-state index contributed by atoms with van der Waals surface area (Å²) in [5.41, 5.74) is 3.51. The third-order valence-corrected chi connectivity index (χ3v) is 4.53. The highest BCUT2D eigenvalue weighted by atomic mass is 15.3. The Morgan fingerprint density at radius 2 is 1.78 bits per heavy atom. The Morgan fingerprint density at radius 3 is 2.52 bits per heavy atom. The van der Waals surface area contributed by atoms with Crippen LogP contribution in [0.15, 0.2) is 24.4 Å². The third-order valence-electron chi connectivity index (χ3n) is 4.53. The van der Waals surface area contributed by atoms with Crippen LogP contribution in [0.1, 0.15) is 49.7 Å². The summed E-state index contributed by atoms with van der Waals surface area (Å²) in [6.45, 7) is 4.21. The molecule has 1 aromatic carbocycles. The van der Waals surface area contributed by atoms with Crippen molar-refractivity contribution in [3.05, 3.63) is 35.5 Å².